The number of carboxylic acid groups (broad SMARTS) is 1. The maximum atomic E-state index is 11.8. The summed E-state index contributed by atoms with van der Waals surface area (Å²) in [5.74, 6) is -2.04. The van der Waals surface area contributed by atoms with Crippen LogP contribution >= 0.6 is 0 Å². The third-order valence-electron chi connectivity index (χ3n) is 2.60. The molecule has 21 heavy (non-hydrogen) atoms. The molecule has 0 radical (unpaired) electrons. The number of H-pyrrole nitrogens is 1. The second-order valence-corrected chi connectivity index (χ2v) is 4.18. The Morgan fingerprint density at radius 3 is 2.76 bits per heavy atom. The summed E-state index contributed by atoms with van der Waals surface area (Å²) in [6, 6.07) is 2.20. The Morgan fingerprint density at radius 2 is 2.14 bits per heavy atom. The lowest BCUT2D eigenvalue weighted by atomic mass is 10.2. The number of nitrogens with one attached hydrogen (secondary N) is 2. The summed E-state index contributed by atoms with van der Waals surface area (Å²) in [6.07, 6.45) is 2.68. The minimum absolute atomic E-state index is 0.0353. The first-order valence-corrected chi connectivity index (χ1v) is 5.92. The van der Waals surface area contributed by atoms with E-state index in [1.807, 2.05) is 0 Å². The van der Waals surface area contributed by atoms with E-state index in [1.165, 1.54) is 17.1 Å². The lowest BCUT2D eigenvalue weighted by molar-refractivity contribution is 0.0690. The van der Waals surface area contributed by atoms with E-state index >= 15 is 0 Å². The molecule has 0 aliphatic carbocycles. The maximum Gasteiger partial charge on any atom is 0.356 e. The summed E-state index contributed by atoms with van der Waals surface area (Å²) in [5, 5.41) is 20.4. The van der Waals surface area contributed by atoms with E-state index in [0.29, 0.717) is 6.54 Å². The minimum atomic E-state index is -1.13. The van der Waals surface area contributed by atoms with Crippen molar-refractivity contribution < 1.29 is 19.8 Å². The van der Waals surface area contributed by atoms with Crippen molar-refractivity contribution in [3.63, 3.8) is 0 Å². The largest absolute Gasteiger partial charge is 0.494 e. The molecule has 1 amide bonds. The van der Waals surface area contributed by atoms with Crippen molar-refractivity contribution >= 4 is 11.9 Å². The van der Waals surface area contributed by atoms with Crippen LogP contribution in [0.25, 0.3) is 0 Å². The number of aromatic hydroxyl groups is 1. The third-order valence-corrected chi connectivity index (χ3v) is 2.60. The first-order chi connectivity index (χ1) is 9.95. The summed E-state index contributed by atoms with van der Waals surface area (Å²) in [5.41, 5.74) is -0.630. The van der Waals surface area contributed by atoms with E-state index in [0.717, 1.165) is 12.1 Å². The van der Waals surface area contributed by atoms with E-state index in [9.17, 15) is 19.5 Å². The molecule has 2 rings (SSSR count). The average molecular weight is 292 g/mol. The number of pyridine rings is 1. The summed E-state index contributed by atoms with van der Waals surface area (Å²) in [7, 11) is 0. The van der Waals surface area contributed by atoms with E-state index < -0.39 is 23.3 Å². The van der Waals surface area contributed by atoms with Crippen molar-refractivity contribution in [3.05, 3.63) is 46.3 Å². The van der Waals surface area contributed by atoms with Crippen LogP contribution in [-0.4, -0.2) is 43.2 Å². The smallest absolute Gasteiger partial charge is 0.356 e. The lowest BCUT2D eigenvalue weighted by Gasteiger charge is -2.05. The number of hydrogen-bond donors (Lipinski definition) is 4. The monoisotopic (exact) mass is 292 g/mol. The number of aromatic amines is 1. The summed E-state index contributed by atoms with van der Waals surface area (Å²) >= 11 is 0. The first kappa shape index (κ1) is 14.3. The topological polar surface area (TPSA) is 137 Å². The molecule has 2 heterocycles. The van der Waals surface area contributed by atoms with E-state index in [2.05, 4.69) is 15.3 Å². The predicted molar refractivity (Wildman–Crippen MR) is 70.2 cm³/mol. The Bertz CT molecular complexity index is 733. The van der Waals surface area contributed by atoms with Gasteiger partial charge >= 0.3 is 5.97 Å². The van der Waals surface area contributed by atoms with Gasteiger partial charge in [0.15, 0.2) is 11.6 Å². The highest BCUT2D eigenvalue weighted by Crippen LogP contribution is 2.03. The van der Waals surface area contributed by atoms with Crippen LogP contribution in [0.4, 0.5) is 0 Å². The first-order valence-electron chi connectivity index (χ1n) is 5.92. The van der Waals surface area contributed by atoms with Gasteiger partial charge in [-0.05, 0) is 0 Å². The molecule has 0 aromatic carbocycles. The minimum Gasteiger partial charge on any atom is -0.494 e. The number of nitrogens with zero attached hydrogens (tertiary/aromatic N) is 2. The van der Waals surface area contributed by atoms with Crippen LogP contribution in [0.5, 0.6) is 5.88 Å². The van der Waals surface area contributed by atoms with Gasteiger partial charge in [-0.15, -0.1) is 0 Å². The van der Waals surface area contributed by atoms with Gasteiger partial charge in [-0.25, -0.2) is 9.78 Å². The van der Waals surface area contributed by atoms with Gasteiger partial charge in [-0.2, -0.15) is 0 Å². The Labute approximate surface area is 117 Å². The number of imidazole rings is 1. The molecule has 0 saturated heterocycles. The summed E-state index contributed by atoms with van der Waals surface area (Å²) in [4.78, 5) is 39.3. The number of aromatic nitrogens is 3. The number of carbonyl (C=O) groups excluding carboxylic acids is 1. The molecule has 9 nitrogen and oxygen atoms in total. The number of rotatable bonds is 5. The number of hydrogen-bond acceptors (Lipinski definition) is 5. The zero-order valence-electron chi connectivity index (χ0n) is 10.7. The molecule has 0 spiro atoms. The van der Waals surface area contributed by atoms with Crippen LogP contribution in [0.1, 0.15) is 20.8 Å². The van der Waals surface area contributed by atoms with Crippen molar-refractivity contribution in [1.29, 1.82) is 0 Å². The fourth-order valence-corrected chi connectivity index (χ4v) is 1.65. The van der Waals surface area contributed by atoms with Crippen molar-refractivity contribution in [2.45, 2.75) is 6.54 Å². The quantitative estimate of drug-likeness (QED) is 0.581. The van der Waals surface area contributed by atoms with Crippen molar-refractivity contribution in [2.24, 2.45) is 0 Å². The zero-order valence-corrected chi connectivity index (χ0v) is 10.7. The van der Waals surface area contributed by atoms with Crippen LogP contribution < -0.4 is 10.9 Å². The molecule has 2 aromatic heterocycles. The molecular formula is C12H12N4O5. The molecule has 0 aliphatic heterocycles. The molecule has 0 unspecified atom stereocenters. The Hall–Kier alpha value is -3.10. The molecule has 110 valence electrons. The Morgan fingerprint density at radius 1 is 1.38 bits per heavy atom. The van der Waals surface area contributed by atoms with Crippen LogP contribution in [0.15, 0.2) is 29.5 Å². The molecule has 0 bridgehead atoms. The molecule has 0 saturated carbocycles. The van der Waals surface area contributed by atoms with Gasteiger partial charge in [-0.1, -0.05) is 0 Å². The molecular weight excluding hydrogens is 280 g/mol. The van der Waals surface area contributed by atoms with E-state index in [1.54, 1.807) is 0 Å². The van der Waals surface area contributed by atoms with Crippen LogP contribution in [0.2, 0.25) is 0 Å². The lowest BCUT2D eigenvalue weighted by Crippen LogP contribution is -2.28. The Balaban J connectivity index is 1.91. The van der Waals surface area contributed by atoms with Gasteiger partial charge in [0.1, 0.15) is 0 Å². The standard InChI is InChI=1S/C12H12N4O5/c17-9-3-7(4-10(18)15-9)11(19)13-1-2-16-5-8(12(20)21)14-6-16/h3-6H,1-2H2,(H,13,19)(H,20,21)(H2,15,17,18). The van der Waals surface area contributed by atoms with Crippen LogP contribution in [0.3, 0.4) is 0 Å². The fourth-order valence-electron chi connectivity index (χ4n) is 1.65. The molecule has 0 atom stereocenters. The predicted octanol–water partition coefficient (Wildman–Crippen LogP) is -0.595. The maximum absolute atomic E-state index is 11.8. The highest BCUT2D eigenvalue weighted by atomic mass is 16.4. The highest BCUT2D eigenvalue weighted by Gasteiger charge is 2.09. The van der Waals surface area contributed by atoms with Gasteiger partial charge < -0.3 is 20.1 Å². The SMILES string of the molecule is O=C(NCCn1cnc(C(=O)O)c1)c1cc(O)[nH]c(=O)c1. The van der Waals surface area contributed by atoms with Gasteiger partial charge in [-0.3, -0.25) is 14.6 Å². The van der Waals surface area contributed by atoms with Crippen LogP contribution in [0, 0.1) is 0 Å². The second kappa shape index (κ2) is 5.90. The third kappa shape index (κ3) is 3.69. The van der Waals surface area contributed by atoms with Crippen molar-refractivity contribution in [2.75, 3.05) is 6.54 Å². The van der Waals surface area contributed by atoms with Crippen molar-refractivity contribution in [1.82, 2.24) is 19.9 Å². The zero-order chi connectivity index (χ0) is 15.4. The highest BCUT2D eigenvalue weighted by molar-refractivity contribution is 5.94. The summed E-state index contributed by atoms with van der Waals surface area (Å²) in [6.45, 7) is 0.531. The molecule has 0 fully saturated rings. The molecule has 2 aromatic rings. The number of amides is 1. The fraction of sp³-hybridized carbons (Fsp3) is 0.167. The van der Waals surface area contributed by atoms with Crippen molar-refractivity contribution in [3.8, 4) is 5.88 Å². The molecule has 0 aliphatic rings. The number of carbonyl (C=O) groups is 2. The van der Waals surface area contributed by atoms with E-state index in [-0.39, 0.29) is 17.8 Å². The normalized spacial score (nSPS) is 10.3. The number of aromatic carboxylic acids is 1. The van der Waals surface area contributed by atoms with Crippen LogP contribution in [-0.2, 0) is 6.54 Å². The Kier molecular flexibility index (Phi) is 4.02. The molecule has 4 N–H and O–H groups in total. The second-order valence-electron chi connectivity index (χ2n) is 4.18. The summed E-state index contributed by atoms with van der Waals surface area (Å²) < 4.78 is 1.51. The average Bonchev–Trinajstić information content (AvgIpc) is 2.86. The van der Waals surface area contributed by atoms with Gasteiger partial charge in [0, 0.05) is 31.4 Å². The van der Waals surface area contributed by atoms with Gasteiger partial charge in [0.2, 0.25) is 0 Å². The molecule has 9 heteroatoms. The van der Waals surface area contributed by atoms with Gasteiger partial charge in [0.05, 0.1) is 11.9 Å². The number of carboxylic acids is 1. The van der Waals surface area contributed by atoms with Gasteiger partial charge in [0.25, 0.3) is 11.5 Å². The van der Waals surface area contributed by atoms with E-state index in [4.69, 9.17) is 5.11 Å².